The molecule has 0 spiro atoms. The quantitative estimate of drug-likeness (QED) is 0.304. The molecule has 0 amide bonds. The number of hydrogen-bond acceptors (Lipinski definition) is 8. The van der Waals surface area contributed by atoms with E-state index in [1.165, 1.54) is 6.20 Å². The molecule has 0 saturated heterocycles. The number of hydrogen-bond donors (Lipinski definition) is 4. The number of halogens is 1. The zero-order valence-corrected chi connectivity index (χ0v) is 18.1. The summed E-state index contributed by atoms with van der Waals surface area (Å²) in [7, 11) is 1.87. The monoisotopic (exact) mass is 454 g/mol. The molecule has 0 fully saturated rings. The maximum absolute atomic E-state index is 10.0. The van der Waals surface area contributed by atoms with E-state index in [9.17, 15) is 5.11 Å². The van der Waals surface area contributed by atoms with Crippen molar-refractivity contribution in [1.82, 2.24) is 29.5 Å². The van der Waals surface area contributed by atoms with E-state index in [4.69, 9.17) is 16.7 Å². The zero-order chi connectivity index (χ0) is 22.5. The Morgan fingerprint density at radius 3 is 2.72 bits per heavy atom. The van der Waals surface area contributed by atoms with Crippen molar-refractivity contribution < 1.29 is 10.2 Å². The molecule has 32 heavy (non-hydrogen) atoms. The van der Waals surface area contributed by atoms with Crippen LogP contribution in [0.5, 0.6) is 0 Å². The van der Waals surface area contributed by atoms with Gasteiger partial charge in [0.05, 0.1) is 50.1 Å². The first-order valence-corrected chi connectivity index (χ1v) is 10.3. The number of rotatable bonds is 9. The zero-order valence-electron chi connectivity index (χ0n) is 17.4. The summed E-state index contributed by atoms with van der Waals surface area (Å²) in [6.45, 7) is 0.233. The second kappa shape index (κ2) is 9.77. The standard InChI is InChI=1S/C21H23ClN8O2/c1-29-11-16(8-24-29)14-3-2-4-15(7-14)19(13-32)27-20-18(22)10-23-21(28-20)26-17-9-25-30(12-17)5-6-31/h2-4,7-12,19,31-32H,5-6,13H2,1H3,(H2,23,26,27,28)/t19-/m1/s1. The fraction of sp³-hybridized carbons (Fsp3) is 0.238. The molecule has 0 bridgehead atoms. The van der Waals surface area contributed by atoms with E-state index < -0.39 is 6.04 Å². The minimum absolute atomic E-state index is 0.00281. The molecular formula is C21H23ClN8O2. The van der Waals surface area contributed by atoms with Crippen LogP contribution in [0.15, 0.2) is 55.2 Å². The molecule has 3 heterocycles. The minimum atomic E-state index is -0.431. The Morgan fingerprint density at radius 1 is 1.09 bits per heavy atom. The van der Waals surface area contributed by atoms with Crippen molar-refractivity contribution in [3.8, 4) is 11.1 Å². The highest BCUT2D eigenvalue weighted by atomic mass is 35.5. The summed E-state index contributed by atoms with van der Waals surface area (Å²) in [5.41, 5.74) is 3.53. The fourth-order valence-electron chi connectivity index (χ4n) is 3.22. The van der Waals surface area contributed by atoms with E-state index in [0.29, 0.717) is 29.0 Å². The number of nitrogens with one attached hydrogen (secondary N) is 2. The van der Waals surface area contributed by atoms with Crippen LogP contribution in [0.3, 0.4) is 0 Å². The van der Waals surface area contributed by atoms with Crippen molar-refractivity contribution in [3.63, 3.8) is 0 Å². The van der Waals surface area contributed by atoms with Crippen LogP contribution in [0.2, 0.25) is 5.02 Å². The topological polar surface area (TPSA) is 126 Å². The van der Waals surface area contributed by atoms with Crippen molar-refractivity contribution in [2.45, 2.75) is 12.6 Å². The molecule has 11 heteroatoms. The van der Waals surface area contributed by atoms with Crippen LogP contribution in [0.25, 0.3) is 11.1 Å². The Morgan fingerprint density at radius 2 is 1.97 bits per heavy atom. The Kier molecular flexibility index (Phi) is 6.64. The predicted molar refractivity (Wildman–Crippen MR) is 122 cm³/mol. The summed E-state index contributed by atoms with van der Waals surface area (Å²) >= 11 is 6.31. The van der Waals surface area contributed by atoms with Gasteiger partial charge in [-0.15, -0.1) is 0 Å². The van der Waals surface area contributed by atoms with Crippen molar-refractivity contribution >= 4 is 29.1 Å². The van der Waals surface area contributed by atoms with Crippen LogP contribution in [0, 0.1) is 0 Å². The van der Waals surface area contributed by atoms with Crippen LogP contribution in [-0.4, -0.2) is 53.0 Å². The molecule has 10 nitrogen and oxygen atoms in total. The maximum atomic E-state index is 10.0. The Hall–Kier alpha value is -3.47. The summed E-state index contributed by atoms with van der Waals surface area (Å²) < 4.78 is 3.35. The van der Waals surface area contributed by atoms with Gasteiger partial charge in [0.25, 0.3) is 0 Å². The summed E-state index contributed by atoms with van der Waals surface area (Å²) in [5.74, 6) is 0.707. The van der Waals surface area contributed by atoms with E-state index in [2.05, 4.69) is 30.8 Å². The Balaban J connectivity index is 1.53. The first-order chi connectivity index (χ1) is 15.6. The van der Waals surface area contributed by atoms with Crippen LogP contribution in [0.1, 0.15) is 11.6 Å². The Labute approximate surface area is 189 Å². The number of nitrogens with zero attached hydrogens (tertiary/aromatic N) is 6. The molecule has 1 atom stereocenters. The third-order valence-electron chi connectivity index (χ3n) is 4.78. The molecular weight excluding hydrogens is 432 g/mol. The van der Waals surface area contributed by atoms with Gasteiger partial charge in [-0.05, 0) is 17.2 Å². The van der Waals surface area contributed by atoms with E-state index >= 15 is 0 Å². The predicted octanol–water partition coefficient (Wildman–Crippen LogP) is 2.61. The van der Waals surface area contributed by atoms with Gasteiger partial charge in [-0.2, -0.15) is 15.2 Å². The molecule has 4 N–H and O–H groups in total. The SMILES string of the molecule is Cn1cc(-c2cccc([C@@H](CO)Nc3nc(Nc4cnn(CCO)c4)ncc3Cl)c2)cn1. The number of aryl methyl sites for hydroxylation is 1. The molecule has 0 unspecified atom stereocenters. The highest BCUT2D eigenvalue weighted by Gasteiger charge is 2.15. The fourth-order valence-corrected chi connectivity index (χ4v) is 3.36. The van der Waals surface area contributed by atoms with Crippen LogP contribution < -0.4 is 10.6 Å². The van der Waals surface area contributed by atoms with Gasteiger partial charge in [-0.1, -0.05) is 29.8 Å². The molecule has 0 radical (unpaired) electrons. The summed E-state index contributed by atoms with van der Waals surface area (Å²) in [6, 6.07) is 7.41. The largest absolute Gasteiger partial charge is 0.394 e. The molecule has 4 aromatic rings. The van der Waals surface area contributed by atoms with Crippen LogP contribution in [-0.2, 0) is 13.6 Å². The van der Waals surface area contributed by atoms with Gasteiger partial charge in [0.15, 0.2) is 5.82 Å². The third-order valence-corrected chi connectivity index (χ3v) is 5.06. The van der Waals surface area contributed by atoms with Crippen LogP contribution in [0.4, 0.5) is 17.5 Å². The average Bonchev–Trinajstić information content (AvgIpc) is 3.43. The molecule has 0 aliphatic heterocycles. The lowest BCUT2D eigenvalue weighted by Crippen LogP contribution is -2.16. The molecule has 1 aromatic carbocycles. The summed E-state index contributed by atoms with van der Waals surface area (Å²) in [4.78, 5) is 8.64. The first-order valence-electron chi connectivity index (χ1n) is 9.95. The van der Waals surface area contributed by atoms with Crippen LogP contribution >= 0.6 is 11.6 Å². The summed E-state index contributed by atoms with van der Waals surface area (Å²) in [6.07, 6.45) is 8.56. The molecule has 4 rings (SSSR count). The van der Waals surface area contributed by atoms with Gasteiger partial charge in [0.1, 0.15) is 5.02 Å². The van der Waals surface area contributed by atoms with Crippen molar-refractivity contribution in [1.29, 1.82) is 0 Å². The highest BCUT2D eigenvalue weighted by Crippen LogP contribution is 2.28. The number of anilines is 3. The number of aliphatic hydroxyl groups is 2. The van der Waals surface area contributed by atoms with E-state index in [1.807, 2.05) is 37.5 Å². The van der Waals surface area contributed by atoms with Crippen molar-refractivity contribution in [2.75, 3.05) is 23.8 Å². The van der Waals surface area contributed by atoms with E-state index in [0.717, 1.165) is 16.7 Å². The molecule has 0 aliphatic carbocycles. The smallest absolute Gasteiger partial charge is 0.229 e. The van der Waals surface area contributed by atoms with Gasteiger partial charge in [-0.3, -0.25) is 9.36 Å². The lowest BCUT2D eigenvalue weighted by molar-refractivity contribution is 0.269. The van der Waals surface area contributed by atoms with Crippen molar-refractivity contribution in [2.24, 2.45) is 7.05 Å². The molecule has 0 aliphatic rings. The van der Waals surface area contributed by atoms with Gasteiger partial charge in [-0.25, -0.2) is 4.98 Å². The first kappa shape index (κ1) is 21.8. The number of aromatic nitrogens is 6. The number of benzene rings is 1. The molecule has 0 saturated carbocycles. The minimum Gasteiger partial charge on any atom is -0.394 e. The second-order valence-corrected chi connectivity index (χ2v) is 7.55. The number of aliphatic hydroxyl groups excluding tert-OH is 2. The summed E-state index contributed by atoms with van der Waals surface area (Å²) in [5, 5.41) is 34.0. The molecule has 3 aromatic heterocycles. The molecule has 166 valence electrons. The van der Waals surface area contributed by atoms with Gasteiger partial charge in [0.2, 0.25) is 5.95 Å². The lowest BCUT2D eigenvalue weighted by Gasteiger charge is -2.19. The van der Waals surface area contributed by atoms with Gasteiger partial charge < -0.3 is 20.8 Å². The van der Waals surface area contributed by atoms with Crippen molar-refractivity contribution in [3.05, 3.63) is 65.8 Å². The maximum Gasteiger partial charge on any atom is 0.229 e. The average molecular weight is 455 g/mol. The third kappa shape index (κ3) is 5.05. The normalized spacial score (nSPS) is 12.0. The lowest BCUT2D eigenvalue weighted by atomic mass is 10.0. The highest BCUT2D eigenvalue weighted by molar-refractivity contribution is 6.32. The van der Waals surface area contributed by atoms with Gasteiger partial charge in [0, 0.05) is 25.0 Å². The Bertz CT molecular complexity index is 1190. The van der Waals surface area contributed by atoms with E-state index in [-0.39, 0.29) is 13.2 Å². The second-order valence-electron chi connectivity index (χ2n) is 7.14. The van der Waals surface area contributed by atoms with Gasteiger partial charge >= 0.3 is 0 Å². The van der Waals surface area contributed by atoms with E-state index in [1.54, 1.807) is 28.0 Å².